The summed E-state index contributed by atoms with van der Waals surface area (Å²) in [5, 5.41) is 2.70. The maximum atomic E-state index is 11.7. The van der Waals surface area contributed by atoms with Crippen LogP contribution in [-0.4, -0.2) is 21.1 Å². The molecule has 2 heterocycles. The number of ether oxygens (including phenoxy) is 1. The number of hydrogen-bond acceptors (Lipinski definition) is 3. The van der Waals surface area contributed by atoms with Crippen molar-refractivity contribution in [2.45, 2.75) is 33.3 Å². The first-order valence-corrected chi connectivity index (χ1v) is 6.70. The molecule has 1 N–H and O–H groups in total. The molecule has 0 saturated heterocycles. The summed E-state index contributed by atoms with van der Waals surface area (Å²) in [4.78, 5) is 16.0. The first-order chi connectivity index (χ1) is 8.76. The van der Waals surface area contributed by atoms with Gasteiger partial charge in [0.2, 0.25) is 0 Å². The van der Waals surface area contributed by atoms with Gasteiger partial charge in [-0.05, 0) is 55.8 Å². The Morgan fingerprint density at radius 3 is 2.74 bits per heavy atom. The number of hydrogen-bond donors (Lipinski definition) is 1. The molecular formula is C13H16BrN3O2. The predicted molar refractivity (Wildman–Crippen MR) is 77.5 cm³/mol. The van der Waals surface area contributed by atoms with Gasteiger partial charge in [0, 0.05) is 6.20 Å². The molecular weight excluding hydrogens is 310 g/mol. The van der Waals surface area contributed by atoms with Gasteiger partial charge in [-0.3, -0.25) is 5.32 Å². The average Bonchev–Trinajstić information content (AvgIpc) is 2.53. The van der Waals surface area contributed by atoms with E-state index in [0.29, 0.717) is 5.69 Å². The molecule has 0 atom stereocenters. The molecule has 0 unspecified atom stereocenters. The lowest BCUT2D eigenvalue weighted by atomic mass is 10.2. The van der Waals surface area contributed by atoms with Crippen LogP contribution in [0.4, 0.5) is 10.5 Å². The third kappa shape index (κ3) is 3.26. The van der Waals surface area contributed by atoms with E-state index in [1.54, 1.807) is 6.07 Å². The van der Waals surface area contributed by atoms with Gasteiger partial charge in [0.25, 0.3) is 0 Å². The largest absolute Gasteiger partial charge is 0.444 e. The highest BCUT2D eigenvalue weighted by Crippen LogP contribution is 2.20. The molecule has 2 aromatic rings. The Labute approximate surface area is 120 Å². The van der Waals surface area contributed by atoms with Crippen LogP contribution < -0.4 is 5.32 Å². The molecule has 0 radical (unpaired) electrons. The SMILES string of the molecule is Cc1c(Br)nc2ccc(NC(=O)OC(C)(C)C)cn12. The van der Waals surface area contributed by atoms with Crippen molar-refractivity contribution in [2.24, 2.45) is 0 Å². The zero-order valence-electron chi connectivity index (χ0n) is 11.3. The number of pyridine rings is 1. The Hall–Kier alpha value is -1.56. The monoisotopic (exact) mass is 325 g/mol. The quantitative estimate of drug-likeness (QED) is 0.868. The highest BCUT2D eigenvalue weighted by Gasteiger charge is 2.16. The van der Waals surface area contributed by atoms with E-state index in [1.165, 1.54) is 0 Å². The van der Waals surface area contributed by atoms with Gasteiger partial charge in [0.05, 0.1) is 11.4 Å². The van der Waals surface area contributed by atoms with Gasteiger partial charge < -0.3 is 9.14 Å². The van der Waals surface area contributed by atoms with E-state index >= 15 is 0 Å². The molecule has 2 rings (SSSR count). The number of fused-ring (bicyclic) bond motifs is 1. The summed E-state index contributed by atoms with van der Waals surface area (Å²) in [5.41, 5.74) is 1.94. The van der Waals surface area contributed by atoms with Crippen LogP contribution in [-0.2, 0) is 4.74 Å². The van der Waals surface area contributed by atoms with Gasteiger partial charge >= 0.3 is 6.09 Å². The lowest BCUT2D eigenvalue weighted by Gasteiger charge is -2.19. The van der Waals surface area contributed by atoms with E-state index in [-0.39, 0.29) is 0 Å². The van der Waals surface area contributed by atoms with Crippen LogP contribution in [0, 0.1) is 6.92 Å². The van der Waals surface area contributed by atoms with Crippen molar-refractivity contribution in [1.82, 2.24) is 9.38 Å². The predicted octanol–water partition coefficient (Wildman–Crippen LogP) is 3.75. The van der Waals surface area contributed by atoms with E-state index < -0.39 is 11.7 Å². The number of carbonyl (C=O) groups is 1. The highest BCUT2D eigenvalue weighted by molar-refractivity contribution is 9.10. The lowest BCUT2D eigenvalue weighted by molar-refractivity contribution is 0.0636. The molecule has 6 heteroatoms. The van der Waals surface area contributed by atoms with Crippen LogP contribution in [0.5, 0.6) is 0 Å². The molecule has 102 valence electrons. The van der Waals surface area contributed by atoms with Crippen LogP contribution in [0.2, 0.25) is 0 Å². The zero-order chi connectivity index (χ0) is 14.2. The van der Waals surface area contributed by atoms with Gasteiger partial charge in [-0.1, -0.05) is 0 Å². The molecule has 0 aliphatic carbocycles. The number of halogens is 1. The fourth-order valence-electron chi connectivity index (χ4n) is 1.63. The average molecular weight is 326 g/mol. The van der Waals surface area contributed by atoms with Crippen molar-refractivity contribution in [2.75, 3.05) is 5.32 Å². The maximum absolute atomic E-state index is 11.7. The topological polar surface area (TPSA) is 55.6 Å². The van der Waals surface area contributed by atoms with Crippen molar-refractivity contribution in [3.8, 4) is 0 Å². The Kier molecular flexibility index (Phi) is 3.54. The molecule has 0 saturated carbocycles. The lowest BCUT2D eigenvalue weighted by Crippen LogP contribution is -2.27. The molecule has 2 aromatic heterocycles. The number of anilines is 1. The Morgan fingerprint density at radius 2 is 2.11 bits per heavy atom. The smallest absolute Gasteiger partial charge is 0.412 e. The molecule has 1 amide bonds. The number of nitrogens with one attached hydrogen (secondary N) is 1. The number of amides is 1. The van der Waals surface area contributed by atoms with Crippen molar-refractivity contribution in [3.05, 3.63) is 28.6 Å². The number of imidazole rings is 1. The summed E-state index contributed by atoms with van der Waals surface area (Å²) >= 11 is 3.38. The summed E-state index contributed by atoms with van der Waals surface area (Å²) in [6, 6.07) is 3.63. The molecule has 0 aliphatic rings. The van der Waals surface area contributed by atoms with Gasteiger partial charge in [0.1, 0.15) is 15.9 Å². The second-order valence-corrected chi connectivity index (χ2v) is 6.01. The van der Waals surface area contributed by atoms with Gasteiger partial charge in [-0.2, -0.15) is 0 Å². The Balaban J connectivity index is 2.22. The third-order valence-corrected chi connectivity index (χ3v) is 3.20. The van der Waals surface area contributed by atoms with Crippen molar-refractivity contribution in [1.29, 1.82) is 0 Å². The number of nitrogens with zero attached hydrogens (tertiary/aromatic N) is 2. The first kappa shape index (κ1) is 13.9. The molecule has 0 aromatic carbocycles. The van der Waals surface area contributed by atoms with Crippen LogP contribution in [0.3, 0.4) is 0 Å². The Bertz CT molecular complexity index is 629. The number of aryl methyl sites for hydroxylation is 1. The van der Waals surface area contributed by atoms with E-state index in [4.69, 9.17) is 4.74 Å². The second-order valence-electron chi connectivity index (χ2n) is 5.26. The molecule has 0 fully saturated rings. The van der Waals surface area contributed by atoms with E-state index in [9.17, 15) is 4.79 Å². The van der Waals surface area contributed by atoms with Crippen LogP contribution >= 0.6 is 15.9 Å². The molecule has 0 bridgehead atoms. The van der Waals surface area contributed by atoms with Crippen molar-refractivity contribution >= 4 is 33.4 Å². The third-order valence-electron chi connectivity index (χ3n) is 2.44. The van der Waals surface area contributed by atoms with Crippen molar-refractivity contribution in [3.63, 3.8) is 0 Å². The maximum Gasteiger partial charge on any atom is 0.412 e. The fraction of sp³-hybridized carbons (Fsp3) is 0.385. The van der Waals surface area contributed by atoms with E-state index in [2.05, 4.69) is 26.2 Å². The summed E-state index contributed by atoms with van der Waals surface area (Å²) in [6.45, 7) is 7.42. The summed E-state index contributed by atoms with van der Waals surface area (Å²) < 4.78 is 7.90. The minimum Gasteiger partial charge on any atom is -0.444 e. The van der Waals surface area contributed by atoms with E-state index in [1.807, 2.05) is 44.4 Å². The first-order valence-electron chi connectivity index (χ1n) is 5.90. The van der Waals surface area contributed by atoms with Gasteiger partial charge in [-0.25, -0.2) is 9.78 Å². The van der Waals surface area contributed by atoms with E-state index in [0.717, 1.165) is 15.9 Å². The minimum absolute atomic E-state index is 0.469. The van der Waals surface area contributed by atoms with Gasteiger partial charge in [-0.15, -0.1) is 0 Å². The van der Waals surface area contributed by atoms with Crippen molar-refractivity contribution < 1.29 is 9.53 Å². The second kappa shape index (κ2) is 4.85. The number of carbonyl (C=O) groups excluding carboxylic acids is 1. The van der Waals surface area contributed by atoms with Crippen LogP contribution in [0.15, 0.2) is 22.9 Å². The standard InChI is InChI=1S/C13H16BrN3O2/c1-8-11(14)16-10-6-5-9(7-17(8)10)15-12(18)19-13(2,3)4/h5-7H,1-4H3,(H,15,18). The fourth-order valence-corrected chi connectivity index (χ4v) is 2.00. The molecule has 5 nitrogen and oxygen atoms in total. The van der Waals surface area contributed by atoms with Crippen LogP contribution in [0.25, 0.3) is 5.65 Å². The summed E-state index contributed by atoms with van der Waals surface area (Å²) in [5.74, 6) is 0. The number of rotatable bonds is 1. The molecule has 0 spiro atoms. The zero-order valence-corrected chi connectivity index (χ0v) is 12.9. The van der Waals surface area contributed by atoms with Crippen LogP contribution in [0.1, 0.15) is 26.5 Å². The minimum atomic E-state index is -0.512. The summed E-state index contributed by atoms with van der Waals surface area (Å²) in [7, 11) is 0. The van der Waals surface area contributed by atoms with Gasteiger partial charge in [0.15, 0.2) is 0 Å². The number of aromatic nitrogens is 2. The normalized spacial score (nSPS) is 11.6. The molecule has 0 aliphatic heterocycles. The Morgan fingerprint density at radius 1 is 1.42 bits per heavy atom. The highest BCUT2D eigenvalue weighted by atomic mass is 79.9. The molecule has 19 heavy (non-hydrogen) atoms. The summed E-state index contributed by atoms with van der Waals surface area (Å²) in [6.07, 6.45) is 1.34.